The molecule has 18 heavy (non-hydrogen) atoms. The number of fused-ring (bicyclic) bond motifs is 1. The molecule has 0 N–H and O–H groups in total. The second-order valence-electron chi connectivity index (χ2n) is 4.41. The van der Waals surface area contributed by atoms with Crippen molar-refractivity contribution in [2.75, 3.05) is 11.4 Å². The summed E-state index contributed by atoms with van der Waals surface area (Å²) in [5.41, 5.74) is 0.873. The van der Waals surface area contributed by atoms with Gasteiger partial charge in [-0.05, 0) is 12.1 Å². The molecule has 88 valence electrons. The van der Waals surface area contributed by atoms with Crippen LogP contribution in [0.2, 0.25) is 0 Å². The number of nitriles is 1. The fourth-order valence-electron chi connectivity index (χ4n) is 2.37. The lowest BCUT2D eigenvalue weighted by Gasteiger charge is -2.17. The van der Waals surface area contributed by atoms with E-state index in [1.54, 1.807) is 17.3 Å². The maximum atomic E-state index is 11.9. The minimum Gasteiger partial charge on any atom is -0.310 e. The van der Waals surface area contributed by atoms with E-state index >= 15 is 0 Å². The number of aromatic nitrogens is 1. The van der Waals surface area contributed by atoms with Crippen LogP contribution in [0.4, 0.5) is 5.69 Å². The van der Waals surface area contributed by atoms with E-state index in [-0.39, 0.29) is 11.8 Å². The van der Waals surface area contributed by atoms with E-state index in [1.165, 1.54) is 0 Å². The molecule has 4 heteroatoms. The van der Waals surface area contributed by atoms with Gasteiger partial charge in [0.05, 0.1) is 17.7 Å². The lowest BCUT2D eigenvalue weighted by Crippen LogP contribution is -2.24. The van der Waals surface area contributed by atoms with Gasteiger partial charge in [0.1, 0.15) is 0 Å². The molecule has 3 rings (SSSR count). The Morgan fingerprint density at radius 2 is 2.28 bits per heavy atom. The summed E-state index contributed by atoms with van der Waals surface area (Å²) in [7, 11) is 0. The van der Waals surface area contributed by atoms with E-state index < -0.39 is 0 Å². The zero-order chi connectivity index (χ0) is 12.5. The Labute approximate surface area is 104 Å². The van der Waals surface area contributed by atoms with Gasteiger partial charge in [-0.2, -0.15) is 5.26 Å². The van der Waals surface area contributed by atoms with E-state index in [2.05, 4.69) is 11.1 Å². The van der Waals surface area contributed by atoms with Gasteiger partial charge < -0.3 is 4.90 Å². The molecule has 0 radical (unpaired) electrons. The Bertz CT molecular complexity index is 654. The van der Waals surface area contributed by atoms with Crippen LogP contribution < -0.4 is 4.90 Å². The number of hydrogen-bond donors (Lipinski definition) is 0. The first-order chi connectivity index (χ1) is 8.79. The Kier molecular flexibility index (Phi) is 2.45. The summed E-state index contributed by atoms with van der Waals surface area (Å²) in [6.07, 6.45) is 3.81. The van der Waals surface area contributed by atoms with Crippen LogP contribution in [-0.2, 0) is 4.79 Å². The van der Waals surface area contributed by atoms with Gasteiger partial charge in [0, 0.05) is 36.1 Å². The van der Waals surface area contributed by atoms with Gasteiger partial charge in [0.25, 0.3) is 0 Å². The largest absolute Gasteiger partial charge is 0.310 e. The minimum absolute atomic E-state index is 0.0193. The van der Waals surface area contributed by atoms with Crippen molar-refractivity contribution in [3.05, 3.63) is 36.7 Å². The van der Waals surface area contributed by atoms with Crippen LogP contribution in [0, 0.1) is 17.2 Å². The third kappa shape index (κ3) is 1.61. The summed E-state index contributed by atoms with van der Waals surface area (Å²) in [6, 6.07) is 9.86. The predicted molar refractivity (Wildman–Crippen MR) is 67.8 cm³/mol. The second kappa shape index (κ2) is 4.11. The molecule has 1 saturated heterocycles. The van der Waals surface area contributed by atoms with Gasteiger partial charge in [-0.15, -0.1) is 0 Å². The smallest absolute Gasteiger partial charge is 0.228 e. The lowest BCUT2D eigenvalue weighted by atomic mass is 10.1. The maximum absolute atomic E-state index is 11.9. The number of benzene rings is 1. The van der Waals surface area contributed by atoms with Crippen LogP contribution in [0.5, 0.6) is 0 Å². The quantitative estimate of drug-likeness (QED) is 0.763. The summed E-state index contributed by atoms with van der Waals surface area (Å²) in [5, 5.41) is 10.9. The van der Waals surface area contributed by atoms with Gasteiger partial charge in [-0.25, -0.2) is 0 Å². The van der Waals surface area contributed by atoms with E-state index in [0.29, 0.717) is 13.0 Å². The topological polar surface area (TPSA) is 57.0 Å². The molecule has 0 bridgehead atoms. The molecule has 1 aliphatic rings. The van der Waals surface area contributed by atoms with Crippen LogP contribution in [0.1, 0.15) is 6.42 Å². The third-order valence-electron chi connectivity index (χ3n) is 3.26. The normalized spacial score (nSPS) is 19.2. The molecule has 1 amide bonds. The zero-order valence-electron chi connectivity index (χ0n) is 9.71. The predicted octanol–water partition coefficient (Wildman–Crippen LogP) is 2.11. The fraction of sp³-hybridized carbons (Fsp3) is 0.214. The fourth-order valence-corrected chi connectivity index (χ4v) is 2.37. The minimum atomic E-state index is -0.199. The summed E-state index contributed by atoms with van der Waals surface area (Å²) in [4.78, 5) is 17.7. The highest BCUT2D eigenvalue weighted by Gasteiger charge is 2.31. The molecule has 0 saturated carbocycles. The van der Waals surface area contributed by atoms with E-state index in [1.807, 2.05) is 24.3 Å². The zero-order valence-corrected chi connectivity index (χ0v) is 9.71. The van der Waals surface area contributed by atoms with Crippen LogP contribution in [0.15, 0.2) is 36.7 Å². The third-order valence-corrected chi connectivity index (χ3v) is 3.26. The molecule has 1 fully saturated rings. The Hall–Kier alpha value is -2.41. The highest BCUT2D eigenvalue weighted by Crippen LogP contribution is 2.30. The van der Waals surface area contributed by atoms with Gasteiger partial charge in [-0.1, -0.05) is 12.1 Å². The van der Waals surface area contributed by atoms with Gasteiger partial charge in [0.2, 0.25) is 5.91 Å². The molecule has 1 atom stereocenters. The van der Waals surface area contributed by atoms with Gasteiger partial charge in [0.15, 0.2) is 0 Å². The number of rotatable bonds is 1. The van der Waals surface area contributed by atoms with Crippen molar-refractivity contribution in [2.24, 2.45) is 5.92 Å². The molecule has 2 aromatic rings. The first-order valence-corrected chi connectivity index (χ1v) is 5.82. The van der Waals surface area contributed by atoms with Crippen molar-refractivity contribution in [1.29, 1.82) is 5.26 Å². The molecular weight excluding hydrogens is 226 g/mol. The van der Waals surface area contributed by atoms with Crippen molar-refractivity contribution >= 4 is 22.4 Å². The van der Waals surface area contributed by atoms with E-state index in [0.717, 1.165) is 16.5 Å². The van der Waals surface area contributed by atoms with Gasteiger partial charge in [-0.3, -0.25) is 9.78 Å². The Balaban J connectivity index is 2.10. The standard InChI is InChI=1S/C14H11N3O/c15-7-10-6-14(18)17(9-10)13-3-1-2-11-8-16-5-4-12(11)13/h1-5,8,10H,6,9H2. The number of carbonyl (C=O) groups is 1. The number of pyridine rings is 1. The molecule has 4 nitrogen and oxygen atoms in total. The lowest BCUT2D eigenvalue weighted by molar-refractivity contribution is -0.117. The number of amides is 1. The van der Waals surface area contributed by atoms with Crippen LogP contribution in [0.25, 0.3) is 10.8 Å². The molecule has 0 aliphatic carbocycles. The second-order valence-corrected chi connectivity index (χ2v) is 4.41. The first-order valence-electron chi connectivity index (χ1n) is 5.82. The van der Waals surface area contributed by atoms with E-state index in [9.17, 15) is 4.79 Å². The van der Waals surface area contributed by atoms with Crippen LogP contribution >= 0.6 is 0 Å². The van der Waals surface area contributed by atoms with Crippen molar-refractivity contribution in [1.82, 2.24) is 4.98 Å². The average Bonchev–Trinajstić information content (AvgIpc) is 2.79. The molecular formula is C14H11N3O. The van der Waals surface area contributed by atoms with Crippen LogP contribution in [-0.4, -0.2) is 17.4 Å². The van der Waals surface area contributed by atoms with Gasteiger partial charge >= 0.3 is 0 Å². The Morgan fingerprint density at radius 3 is 3.06 bits per heavy atom. The molecule has 1 aromatic heterocycles. The van der Waals surface area contributed by atoms with Crippen LogP contribution in [0.3, 0.4) is 0 Å². The summed E-state index contributed by atoms with van der Waals surface area (Å²) in [6.45, 7) is 0.483. The highest BCUT2D eigenvalue weighted by atomic mass is 16.2. The van der Waals surface area contributed by atoms with E-state index in [4.69, 9.17) is 5.26 Å². The molecule has 2 heterocycles. The first kappa shape index (κ1) is 10.7. The summed E-state index contributed by atoms with van der Waals surface area (Å²) < 4.78 is 0. The highest BCUT2D eigenvalue weighted by molar-refractivity contribution is 6.04. The monoisotopic (exact) mass is 237 g/mol. The number of anilines is 1. The summed E-state index contributed by atoms with van der Waals surface area (Å²) >= 11 is 0. The van der Waals surface area contributed by atoms with Crippen molar-refractivity contribution in [2.45, 2.75) is 6.42 Å². The average molecular weight is 237 g/mol. The SMILES string of the molecule is N#CC1CC(=O)N(c2cccc3cnccc23)C1. The molecule has 1 aliphatic heterocycles. The van der Waals surface area contributed by atoms with Crippen molar-refractivity contribution in [3.63, 3.8) is 0 Å². The molecule has 0 spiro atoms. The maximum Gasteiger partial charge on any atom is 0.228 e. The summed E-state index contributed by atoms with van der Waals surface area (Å²) in [5.74, 6) is -0.180. The molecule has 1 aromatic carbocycles. The Morgan fingerprint density at radius 1 is 1.39 bits per heavy atom. The number of carbonyl (C=O) groups excluding carboxylic acids is 1. The number of nitrogens with zero attached hydrogens (tertiary/aromatic N) is 3. The number of hydrogen-bond acceptors (Lipinski definition) is 3. The molecule has 1 unspecified atom stereocenters. The van der Waals surface area contributed by atoms with Crippen molar-refractivity contribution in [3.8, 4) is 6.07 Å². The van der Waals surface area contributed by atoms with Crippen molar-refractivity contribution < 1.29 is 4.79 Å².